The maximum Gasteiger partial charge on any atom is 0.205 e. The molecule has 0 saturated carbocycles. The molecule has 4 nitrogen and oxygen atoms in total. The van der Waals surface area contributed by atoms with Gasteiger partial charge >= 0.3 is 0 Å². The summed E-state index contributed by atoms with van der Waals surface area (Å²) >= 11 is 5.94. The molecule has 0 atom stereocenters. The first-order valence-electron chi connectivity index (χ1n) is 5.81. The zero-order valence-corrected chi connectivity index (χ0v) is 12.3. The standard InChI is InChI=1S/C14H12ClN3O.ClH/c1-19-11-5-3-10(4-6-11)16-14-17-12-7-2-9(15)8-13(12)18-14;/h2-8H,1H3,(H2,16,17,18);1H. The van der Waals surface area contributed by atoms with E-state index in [0.717, 1.165) is 22.5 Å². The Morgan fingerprint density at radius 3 is 2.60 bits per heavy atom. The minimum absolute atomic E-state index is 0. The lowest BCUT2D eigenvalue weighted by Crippen LogP contribution is -1.92. The average Bonchev–Trinajstić information content (AvgIpc) is 2.81. The number of anilines is 2. The van der Waals surface area contributed by atoms with E-state index in [-0.39, 0.29) is 12.4 Å². The number of ether oxygens (including phenoxy) is 1. The Morgan fingerprint density at radius 2 is 1.90 bits per heavy atom. The van der Waals surface area contributed by atoms with Gasteiger partial charge in [0.05, 0.1) is 18.1 Å². The monoisotopic (exact) mass is 309 g/mol. The molecule has 0 bridgehead atoms. The Labute approximate surface area is 127 Å². The fraction of sp³-hybridized carbons (Fsp3) is 0.0714. The molecule has 2 N–H and O–H groups in total. The van der Waals surface area contributed by atoms with Crippen molar-refractivity contribution in [3.05, 3.63) is 47.5 Å². The Hall–Kier alpha value is -1.91. The highest BCUT2D eigenvalue weighted by Gasteiger charge is 2.03. The lowest BCUT2D eigenvalue weighted by molar-refractivity contribution is 0.415. The number of imidazole rings is 1. The Balaban J connectivity index is 0.00000147. The van der Waals surface area contributed by atoms with Crippen molar-refractivity contribution < 1.29 is 4.74 Å². The number of rotatable bonds is 3. The third kappa shape index (κ3) is 2.98. The van der Waals surface area contributed by atoms with E-state index in [2.05, 4.69) is 15.3 Å². The molecule has 0 spiro atoms. The van der Waals surface area contributed by atoms with Crippen LogP contribution in [0, 0.1) is 0 Å². The molecule has 0 fully saturated rings. The molecule has 1 aromatic heterocycles. The molecule has 20 heavy (non-hydrogen) atoms. The van der Waals surface area contributed by atoms with Crippen molar-refractivity contribution in [2.24, 2.45) is 0 Å². The van der Waals surface area contributed by atoms with Crippen LogP contribution in [-0.2, 0) is 0 Å². The summed E-state index contributed by atoms with van der Waals surface area (Å²) in [6, 6.07) is 13.2. The number of halogens is 2. The van der Waals surface area contributed by atoms with E-state index >= 15 is 0 Å². The van der Waals surface area contributed by atoms with Crippen molar-refractivity contribution in [2.75, 3.05) is 12.4 Å². The third-order valence-corrected chi connectivity index (χ3v) is 3.03. The van der Waals surface area contributed by atoms with Crippen molar-refractivity contribution in [3.8, 4) is 5.75 Å². The summed E-state index contributed by atoms with van der Waals surface area (Å²) in [5.41, 5.74) is 2.72. The quantitative estimate of drug-likeness (QED) is 0.754. The molecule has 0 amide bonds. The highest BCUT2D eigenvalue weighted by Crippen LogP contribution is 2.22. The second kappa shape index (κ2) is 6.03. The smallest absolute Gasteiger partial charge is 0.205 e. The van der Waals surface area contributed by atoms with Crippen molar-refractivity contribution in [2.45, 2.75) is 0 Å². The summed E-state index contributed by atoms with van der Waals surface area (Å²) in [6.45, 7) is 0. The number of aromatic nitrogens is 2. The van der Waals surface area contributed by atoms with Gasteiger partial charge in [-0.3, -0.25) is 0 Å². The van der Waals surface area contributed by atoms with Crippen LogP contribution in [0.5, 0.6) is 5.75 Å². The predicted octanol–water partition coefficient (Wildman–Crippen LogP) is 4.39. The second-order valence-corrected chi connectivity index (χ2v) is 4.54. The molecule has 0 unspecified atom stereocenters. The fourth-order valence-corrected chi connectivity index (χ4v) is 2.02. The largest absolute Gasteiger partial charge is 0.497 e. The molecule has 1 heterocycles. The van der Waals surface area contributed by atoms with E-state index in [0.29, 0.717) is 11.0 Å². The highest BCUT2D eigenvalue weighted by molar-refractivity contribution is 6.31. The van der Waals surface area contributed by atoms with Crippen LogP contribution >= 0.6 is 24.0 Å². The van der Waals surface area contributed by atoms with Crippen molar-refractivity contribution in [1.82, 2.24) is 9.97 Å². The number of aromatic amines is 1. The summed E-state index contributed by atoms with van der Waals surface area (Å²) in [6.07, 6.45) is 0. The van der Waals surface area contributed by atoms with Crippen LogP contribution < -0.4 is 10.1 Å². The number of H-pyrrole nitrogens is 1. The van der Waals surface area contributed by atoms with Gasteiger partial charge in [0.2, 0.25) is 5.95 Å². The summed E-state index contributed by atoms with van der Waals surface area (Å²) in [4.78, 5) is 7.61. The van der Waals surface area contributed by atoms with Crippen molar-refractivity contribution >= 4 is 46.7 Å². The van der Waals surface area contributed by atoms with Gasteiger partial charge in [-0.05, 0) is 42.5 Å². The van der Waals surface area contributed by atoms with Gasteiger partial charge < -0.3 is 15.0 Å². The normalized spacial score (nSPS) is 10.1. The van der Waals surface area contributed by atoms with Crippen LogP contribution in [0.1, 0.15) is 0 Å². The first kappa shape index (κ1) is 14.5. The van der Waals surface area contributed by atoms with Gasteiger partial charge in [-0.2, -0.15) is 0 Å². The number of hydrogen-bond acceptors (Lipinski definition) is 3. The summed E-state index contributed by atoms with van der Waals surface area (Å²) in [5, 5.41) is 3.89. The number of nitrogens with zero attached hydrogens (tertiary/aromatic N) is 1. The lowest BCUT2D eigenvalue weighted by atomic mass is 10.3. The zero-order chi connectivity index (χ0) is 13.2. The van der Waals surface area contributed by atoms with Crippen LogP contribution in [0.3, 0.4) is 0 Å². The van der Waals surface area contributed by atoms with Crippen molar-refractivity contribution in [3.63, 3.8) is 0 Å². The molecule has 0 saturated heterocycles. The first-order chi connectivity index (χ1) is 9.24. The van der Waals surface area contributed by atoms with Crippen LogP contribution in [0.4, 0.5) is 11.6 Å². The van der Waals surface area contributed by atoms with Crippen LogP contribution in [0.2, 0.25) is 5.02 Å². The molecule has 0 aliphatic heterocycles. The minimum atomic E-state index is 0. The van der Waals surface area contributed by atoms with E-state index in [1.807, 2.05) is 42.5 Å². The van der Waals surface area contributed by atoms with Gasteiger partial charge in [0.15, 0.2) is 0 Å². The van der Waals surface area contributed by atoms with Gasteiger partial charge in [0.25, 0.3) is 0 Å². The molecular formula is C14H13Cl2N3O. The molecule has 3 rings (SSSR count). The number of hydrogen-bond donors (Lipinski definition) is 2. The van der Waals surface area contributed by atoms with Crippen LogP contribution in [0.25, 0.3) is 11.0 Å². The van der Waals surface area contributed by atoms with Crippen LogP contribution in [0.15, 0.2) is 42.5 Å². The maximum atomic E-state index is 5.94. The fourth-order valence-electron chi connectivity index (χ4n) is 1.85. The molecule has 104 valence electrons. The average molecular weight is 310 g/mol. The van der Waals surface area contributed by atoms with Gasteiger partial charge in [-0.1, -0.05) is 11.6 Å². The van der Waals surface area contributed by atoms with E-state index in [1.54, 1.807) is 7.11 Å². The molecule has 0 radical (unpaired) electrons. The number of benzene rings is 2. The van der Waals surface area contributed by atoms with Gasteiger partial charge in [-0.15, -0.1) is 12.4 Å². The maximum absolute atomic E-state index is 5.94. The minimum Gasteiger partial charge on any atom is -0.497 e. The summed E-state index contributed by atoms with van der Waals surface area (Å²) in [5.74, 6) is 1.50. The number of fused-ring (bicyclic) bond motifs is 1. The van der Waals surface area contributed by atoms with Crippen LogP contribution in [-0.4, -0.2) is 17.1 Å². The van der Waals surface area contributed by atoms with E-state index in [9.17, 15) is 0 Å². The van der Waals surface area contributed by atoms with E-state index in [1.165, 1.54) is 0 Å². The highest BCUT2D eigenvalue weighted by atomic mass is 35.5. The molecule has 2 aromatic carbocycles. The van der Waals surface area contributed by atoms with E-state index < -0.39 is 0 Å². The molecule has 6 heteroatoms. The molecular weight excluding hydrogens is 297 g/mol. The predicted molar refractivity (Wildman–Crippen MR) is 84.6 cm³/mol. The SMILES string of the molecule is COc1ccc(Nc2nc3ccc(Cl)cc3[nH]2)cc1.Cl. The summed E-state index contributed by atoms with van der Waals surface area (Å²) < 4.78 is 5.11. The van der Waals surface area contributed by atoms with Gasteiger partial charge in [-0.25, -0.2) is 4.98 Å². The zero-order valence-electron chi connectivity index (χ0n) is 10.7. The Morgan fingerprint density at radius 1 is 1.15 bits per heavy atom. The molecule has 0 aliphatic carbocycles. The summed E-state index contributed by atoms with van der Waals surface area (Å²) in [7, 11) is 1.64. The molecule has 3 aromatic rings. The third-order valence-electron chi connectivity index (χ3n) is 2.80. The second-order valence-electron chi connectivity index (χ2n) is 4.10. The number of nitrogens with one attached hydrogen (secondary N) is 2. The Kier molecular flexibility index (Phi) is 4.37. The van der Waals surface area contributed by atoms with Gasteiger partial charge in [0.1, 0.15) is 5.75 Å². The topological polar surface area (TPSA) is 49.9 Å². The van der Waals surface area contributed by atoms with Gasteiger partial charge in [0, 0.05) is 10.7 Å². The first-order valence-corrected chi connectivity index (χ1v) is 6.19. The van der Waals surface area contributed by atoms with E-state index in [4.69, 9.17) is 16.3 Å². The lowest BCUT2D eigenvalue weighted by Gasteiger charge is -2.03. The van der Waals surface area contributed by atoms with Crippen molar-refractivity contribution in [1.29, 1.82) is 0 Å². The Bertz CT molecular complexity index is 710. The number of methoxy groups -OCH3 is 1. The molecule has 0 aliphatic rings.